The van der Waals surface area contributed by atoms with Crippen molar-refractivity contribution in [2.24, 2.45) is 18.0 Å². The quantitative estimate of drug-likeness (QED) is 0.655. The van der Waals surface area contributed by atoms with Crippen LogP contribution in [0.3, 0.4) is 0 Å². The average molecular weight is 446 g/mol. The highest BCUT2D eigenvalue weighted by Gasteiger charge is 2.62. The number of aryl methyl sites for hydroxylation is 3. The molecule has 0 radical (unpaired) electrons. The monoisotopic (exact) mass is 445 g/mol. The van der Waals surface area contributed by atoms with E-state index in [4.69, 9.17) is 4.99 Å². The van der Waals surface area contributed by atoms with Crippen LogP contribution in [0.1, 0.15) is 46.0 Å². The lowest BCUT2D eigenvalue weighted by Gasteiger charge is -2.17. The number of carbonyl (C=O) groups excluding carboxylic acids is 1. The molecule has 5 rings (SSSR count). The van der Waals surface area contributed by atoms with Crippen LogP contribution in [0.4, 0.5) is 0 Å². The summed E-state index contributed by atoms with van der Waals surface area (Å²) >= 11 is 1.74. The van der Waals surface area contributed by atoms with Crippen LogP contribution < -0.4 is 10.9 Å². The molecule has 1 aromatic carbocycles. The fourth-order valence-electron chi connectivity index (χ4n) is 4.79. The summed E-state index contributed by atoms with van der Waals surface area (Å²) < 4.78 is 1.63. The number of hydrogen-bond acceptors (Lipinski definition) is 4. The Kier molecular flexibility index (Phi) is 4.75. The third-order valence-corrected chi connectivity index (χ3v) is 8.04. The van der Waals surface area contributed by atoms with Crippen LogP contribution in [0.2, 0.25) is 0 Å². The van der Waals surface area contributed by atoms with Gasteiger partial charge in [0, 0.05) is 52.3 Å². The molecule has 2 aliphatic rings. The maximum atomic E-state index is 12.9. The summed E-state index contributed by atoms with van der Waals surface area (Å²) in [6, 6.07) is 10.1. The van der Waals surface area contributed by atoms with E-state index in [-0.39, 0.29) is 17.4 Å². The van der Waals surface area contributed by atoms with Crippen molar-refractivity contribution in [2.75, 3.05) is 6.54 Å². The standard InChI is InChI=1S/C26H27N3O2S/c1-6-27-25(31)20-12-26(20)19-11-21(30)29(5)13-18(19)24-22(15(3)16(4)32-24)23(28-26)17-9-7-14(2)8-10-17/h7-11,13,20H,6,12H2,1-5H3,(H,27,31)/t20-,26?/m0/s1. The first kappa shape index (κ1) is 20.9. The summed E-state index contributed by atoms with van der Waals surface area (Å²) in [7, 11) is 1.78. The summed E-state index contributed by atoms with van der Waals surface area (Å²) in [6.45, 7) is 8.85. The predicted octanol–water partition coefficient (Wildman–Crippen LogP) is 4.24. The Balaban J connectivity index is 1.84. The van der Waals surface area contributed by atoms with Gasteiger partial charge >= 0.3 is 0 Å². The Morgan fingerprint density at radius 2 is 1.97 bits per heavy atom. The van der Waals surface area contributed by atoms with Gasteiger partial charge in [-0.2, -0.15) is 0 Å². The van der Waals surface area contributed by atoms with E-state index in [9.17, 15) is 9.59 Å². The minimum atomic E-state index is -0.707. The highest BCUT2D eigenvalue weighted by atomic mass is 32.1. The molecule has 6 heteroatoms. The molecular formula is C26H27N3O2S. The van der Waals surface area contributed by atoms with Gasteiger partial charge < -0.3 is 9.88 Å². The van der Waals surface area contributed by atoms with Gasteiger partial charge in [0.15, 0.2) is 0 Å². The third kappa shape index (κ3) is 3.00. The van der Waals surface area contributed by atoms with Crippen molar-refractivity contribution in [1.29, 1.82) is 0 Å². The number of hydrogen-bond donors (Lipinski definition) is 1. The largest absolute Gasteiger partial charge is 0.356 e. The summed E-state index contributed by atoms with van der Waals surface area (Å²) in [5, 5.41) is 2.96. The van der Waals surface area contributed by atoms with Crippen LogP contribution in [0.15, 0.2) is 46.3 Å². The number of aromatic nitrogens is 1. The molecule has 0 bridgehead atoms. The van der Waals surface area contributed by atoms with E-state index in [1.54, 1.807) is 29.0 Å². The second-order valence-corrected chi connectivity index (χ2v) is 10.2. The van der Waals surface area contributed by atoms with Gasteiger partial charge in [-0.3, -0.25) is 14.6 Å². The molecule has 164 valence electrons. The number of nitrogens with one attached hydrogen (secondary N) is 1. The zero-order valence-electron chi connectivity index (χ0n) is 19.1. The number of pyridine rings is 1. The highest BCUT2D eigenvalue weighted by molar-refractivity contribution is 7.16. The number of nitrogens with zero attached hydrogens (tertiary/aromatic N) is 2. The first-order chi connectivity index (χ1) is 15.3. The second-order valence-electron chi connectivity index (χ2n) is 8.94. The Morgan fingerprint density at radius 3 is 2.66 bits per heavy atom. The molecule has 1 fully saturated rings. The Bertz CT molecular complexity index is 1350. The molecule has 5 nitrogen and oxygen atoms in total. The molecule has 2 aromatic heterocycles. The molecule has 1 amide bonds. The number of thiophene rings is 1. The Morgan fingerprint density at radius 1 is 1.25 bits per heavy atom. The van der Waals surface area contributed by atoms with E-state index in [2.05, 4.69) is 50.4 Å². The van der Waals surface area contributed by atoms with Gasteiger partial charge in [-0.05, 0) is 45.2 Å². The van der Waals surface area contributed by atoms with Crippen LogP contribution in [0, 0.1) is 26.7 Å². The lowest BCUT2D eigenvalue weighted by molar-refractivity contribution is -0.122. The second kappa shape index (κ2) is 7.27. The van der Waals surface area contributed by atoms with Crippen LogP contribution in [-0.2, 0) is 17.4 Å². The van der Waals surface area contributed by atoms with E-state index in [0.29, 0.717) is 13.0 Å². The molecule has 1 aliphatic heterocycles. The van der Waals surface area contributed by atoms with Gasteiger partial charge in [-0.1, -0.05) is 29.8 Å². The predicted molar refractivity (Wildman–Crippen MR) is 130 cm³/mol. The molecule has 3 heterocycles. The van der Waals surface area contributed by atoms with Crippen LogP contribution in [0.25, 0.3) is 10.4 Å². The lowest BCUT2D eigenvalue weighted by Crippen LogP contribution is -2.29. The number of aliphatic imine (C=N–C) groups is 1. The first-order valence-corrected chi connectivity index (χ1v) is 11.8. The van der Waals surface area contributed by atoms with Crippen LogP contribution >= 0.6 is 11.3 Å². The van der Waals surface area contributed by atoms with Crippen molar-refractivity contribution in [2.45, 2.75) is 39.7 Å². The smallest absolute Gasteiger partial charge is 0.250 e. The Labute approximate surface area is 191 Å². The highest BCUT2D eigenvalue weighted by Crippen LogP contribution is 2.60. The topological polar surface area (TPSA) is 63.5 Å². The van der Waals surface area contributed by atoms with E-state index in [1.165, 1.54) is 16.0 Å². The van der Waals surface area contributed by atoms with Gasteiger partial charge in [0.1, 0.15) is 0 Å². The molecule has 32 heavy (non-hydrogen) atoms. The Hall–Kier alpha value is -2.99. The van der Waals surface area contributed by atoms with E-state index < -0.39 is 5.54 Å². The maximum absolute atomic E-state index is 12.9. The molecule has 0 saturated heterocycles. The van der Waals surface area contributed by atoms with Crippen LogP contribution in [0.5, 0.6) is 0 Å². The number of rotatable bonds is 3. The molecule has 1 unspecified atom stereocenters. The molecule has 1 saturated carbocycles. The van der Waals surface area contributed by atoms with Crippen molar-refractivity contribution >= 4 is 23.0 Å². The number of benzene rings is 1. The van der Waals surface area contributed by atoms with Crippen molar-refractivity contribution in [1.82, 2.24) is 9.88 Å². The van der Waals surface area contributed by atoms with Crippen molar-refractivity contribution < 1.29 is 4.79 Å². The zero-order valence-corrected chi connectivity index (χ0v) is 19.9. The first-order valence-electron chi connectivity index (χ1n) is 11.0. The lowest BCUT2D eigenvalue weighted by atomic mass is 9.95. The summed E-state index contributed by atoms with van der Waals surface area (Å²) in [5.41, 5.74) is 6.58. The molecule has 1 aliphatic carbocycles. The van der Waals surface area contributed by atoms with Gasteiger partial charge in [-0.15, -0.1) is 11.3 Å². The van der Waals surface area contributed by atoms with E-state index >= 15 is 0 Å². The van der Waals surface area contributed by atoms with Gasteiger partial charge in [-0.25, -0.2) is 0 Å². The zero-order chi connectivity index (χ0) is 22.8. The van der Waals surface area contributed by atoms with Gasteiger partial charge in [0.05, 0.1) is 17.2 Å². The minimum Gasteiger partial charge on any atom is -0.356 e. The van der Waals surface area contributed by atoms with Crippen LogP contribution in [-0.4, -0.2) is 22.7 Å². The fraction of sp³-hybridized carbons (Fsp3) is 0.346. The average Bonchev–Trinajstić information content (AvgIpc) is 3.44. The SMILES string of the molecule is CCNC(=O)[C@@H]1CC12N=C(c1ccc(C)cc1)c1c(sc(C)c1C)-c1cn(C)c(=O)cc12. The molecule has 2 atom stereocenters. The van der Waals surface area contributed by atoms with Crippen molar-refractivity contribution in [3.8, 4) is 10.4 Å². The molecule has 3 aromatic rings. The molecule has 1 N–H and O–H groups in total. The van der Waals surface area contributed by atoms with Gasteiger partial charge in [0.25, 0.3) is 5.56 Å². The van der Waals surface area contributed by atoms with Gasteiger partial charge in [0.2, 0.25) is 5.91 Å². The van der Waals surface area contributed by atoms with E-state index in [1.807, 2.05) is 13.1 Å². The number of amides is 1. The minimum absolute atomic E-state index is 0.00397. The normalized spacial score (nSPS) is 20.9. The van der Waals surface area contributed by atoms with E-state index in [0.717, 1.165) is 32.8 Å². The molecule has 1 spiro atoms. The summed E-state index contributed by atoms with van der Waals surface area (Å²) in [5.74, 6) is -0.270. The third-order valence-electron chi connectivity index (χ3n) is 6.80. The fourth-order valence-corrected chi connectivity index (χ4v) is 5.97. The summed E-state index contributed by atoms with van der Waals surface area (Å²) in [6.07, 6.45) is 2.54. The maximum Gasteiger partial charge on any atom is 0.250 e. The van der Waals surface area contributed by atoms with Crippen molar-refractivity contribution in [3.63, 3.8) is 0 Å². The number of carbonyl (C=O) groups is 1. The summed E-state index contributed by atoms with van der Waals surface area (Å²) in [4.78, 5) is 33.3. The van der Waals surface area contributed by atoms with Crippen molar-refractivity contribution in [3.05, 3.63) is 79.6 Å². The number of fused-ring (bicyclic) bond motifs is 4. The molecular weight excluding hydrogens is 418 g/mol.